The molecule has 0 bridgehead atoms. The van der Waals surface area contributed by atoms with Gasteiger partial charge in [-0.2, -0.15) is 0 Å². The van der Waals surface area contributed by atoms with Crippen LogP contribution in [0.2, 0.25) is 5.02 Å². The maximum atomic E-state index is 9.58. The molecule has 0 saturated carbocycles. The van der Waals surface area contributed by atoms with Crippen molar-refractivity contribution in [1.82, 2.24) is 0 Å². The second-order valence-electron chi connectivity index (χ2n) is 3.31. The van der Waals surface area contributed by atoms with Crippen molar-refractivity contribution in [2.75, 3.05) is 24.7 Å². The smallest absolute Gasteiger partial charge is 0.0867 e. The monoisotopic (exact) mass is 261 g/mol. The molecule has 0 aliphatic carbocycles. The van der Waals surface area contributed by atoms with Crippen LogP contribution >= 0.6 is 23.4 Å². The van der Waals surface area contributed by atoms with Gasteiger partial charge in [-0.15, -0.1) is 11.8 Å². The lowest BCUT2D eigenvalue weighted by Gasteiger charge is -2.11. The highest BCUT2D eigenvalue weighted by molar-refractivity contribution is 7.99. The van der Waals surface area contributed by atoms with Gasteiger partial charge in [0.15, 0.2) is 0 Å². The number of aliphatic hydroxyl groups excluding tert-OH is 1. The average Bonchev–Trinajstić information content (AvgIpc) is 2.27. The van der Waals surface area contributed by atoms with Crippen LogP contribution in [0.4, 0.5) is 5.69 Å². The summed E-state index contributed by atoms with van der Waals surface area (Å²) < 4.78 is 5.12. The number of rotatable bonds is 6. The molecular formula is C11H16ClNO2S. The van der Waals surface area contributed by atoms with E-state index in [1.54, 1.807) is 18.2 Å². The Bertz CT molecular complexity index is 336. The summed E-state index contributed by atoms with van der Waals surface area (Å²) in [6.07, 6.45) is -0.483. The summed E-state index contributed by atoms with van der Waals surface area (Å²) in [5.41, 5.74) is 6.46. The number of thioether (sulfide) groups is 1. The van der Waals surface area contributed by atoms with E-state index in [1.165, 1.54) is 11.8 Å². The third-order valence-corrected chi connectivity index (χ3v) is 3.37. The van der Waals surface area contributed by atoms with E-state index in [4.69, 9.17) is 22.1 Å². The highest BCUT2D eigenvalue weighted by Gasteiger charge is 2.07. The molecule has 5 heteroatoms. The fraction of sp³-hybridized carbons (Fsp3) is 0.455. The van der Waals surface area contributed by atoms with Crippen molar-refractivity contribution in [2.45, 2.75) is 17.9 Å². The predicted octanol–water partition coefficient (Wildman–Crippen LogP) is 2.41. The van der Waals surface area contributed by atoms with E-state index in [9.17, 15) is 5.11 Å². The molecule has 1 aromatic rings. The first kappa shape index (κ1) is 13.6. The average molecular weight is 262 g/mol. The van der Waals surface area contributed by atoms with Gasteiger partial charge in [-0.1, -0.05) is 11.6 Å². The third kappa shape index (κ3) is 4.61. The maximum absolute atomic E-state index is 9.58. The molecule has 0 aliphatic heterocycles. The zero-order valence-electron chi connectivity index (χ0n) is 9.15. The first-order chi connectivity index (χ1) is 7.63. The molecule has 3 nitrogen and oxygen atoms in total. The Morgan fingerprint density at radius 1 is 1.56 bits per heavy atom. The molecule has 0 saturated heterocycles. The van der Waals surface area contributed by atoms with Crippen LogP contribution in [0, 0.1) is 0 Å². The second-order valence-corrected chi connectivity index (χ2v) is 4.80. The van der Waals surface area contributed by atoms with Gasteiger partial charge in [0.25, 0.3) is 0 Å². The van der Waals surface area contributed by atoms with Crippen LogP contribution in [-0.2, 0) is 4.74 Å². The van der Waals surface area contributed by atoms with Crippen LogP contribution in [0.15, 0.2) is 23.1 Å². The Labute approximate surface area is 105 Å². The van der Waals surface area contributed by atoms with Crippen molar-refractivity contribution in [2.24, 2.45) is 0 Å². The second kappa shape index (κ2) is 7.01. The zero-order chi connectivity index (χ0) is 12.0. The summed E-state index contributed by atoms with van der Waals surface area (Å²) in [4.78, 5) is 0.892. The van der Waals surface area contributed by atoms with Crippen molar-refractivity contribution in [1.29, 1.82) is 0 Å². The van der Waals surface area contributed by atoms with Gasteiger partial charge >= 0.3 is 0 Å². The SMILES string of the molecule is CCOCC(O)CSc1cc(Cl)ccc1N. The molecule has 1 atom stereocenters. The molecule has 16 heavy (non-hydrogen) atoms. The van der Waals surface area contributed by atoms with E-state index >= 15 is 0 Å². The lowest BCUT2D eigenvalue weighted by molar-refractivity contribution is 0.0551. The Morgan fingerprint density at radius 3 is 3.00 bits per heavy atom. The molecule has 1 aromatic carbocycles. The number of halogens is 1. The van der Waals surface area contributed by atoms with Gasteiger partial charge in [-0.05, 0) is 25.1 Å². The van der Waals surface area contributed by atoms with Gasteiger partial charge < -0.3 is 15.6 Å². The number of nitrogen functional groups attached to an aromatic ring is 1. The lowest BCUT2D eigenvalue weighted by atomic mass is 10.3. The number of hydrogen-bond donors (Lipinski definition) is 2. The van der Waals surface area contributed by atoms with Gasteiger partial charge in [-0.3, -0.25) is 0 Å². The van der Waals surface area contributed by atoms with Crippen LogP contribution in [0.25, 0.3) is 0 Å². The van der Waals surface area contributed by atoms with Crippen LogP contribution < -0.4 is 5.73 Å². The van der Waals surface area contributed by atoms with Crippen LogP contribution in [-0.4, -0.2) is 30.2 Å². The summed E-state index contributed by atoms with van der Waals surface area (Å²) in [5, 5.41) is 10.2. The standard InChI is InChI=1S/C11H16ClNO2S/c1-2-15-6-9(14)7-16-11-5-8(12)3-4-10(11)13/h3-5,9,14H,2,6-7,13H2,1H3. The van der Waals surface area contributed by atoms with Crippen molar-refractivity contribution in [3.05, 3.63) is 23.2 Å². The first-order valence-electron chi connectivity index (χ1n) is 5.07. The highest BCUT2D eigenvalue weighted by atomic mass is 35.5. The fourth-order valence-corrected chi connectivity index (χ4v) is 2.27. The largest absolute Gasteiger partial charge is 0.398 e. The molecule has 0 radical (unpaired) electrons. The Morgan fingerprint density at radius 2 is 2.31 bits per heavy atom. The van der Waals surface area contributed by atoms with E-state index in [0.717, 1.165) is 4.90 Å². The number of benzene rings is 1. The molecule has 0 aliphatic rings. The summed E-state index contributed by atoms with van der Waals surface area (Å²) in [6.45, 7) is 2.86. The van der Waals surface area contributed by atoms with Gasteiger partial charge in [0.2, 0.25) is 0 Å². The van der Waals surface area contributed by atoms with E-state index in [2.05, 4.69) is 0 Å². The number of ether oxygens (including phenoxy) is 1. The number of hydrogen-bond acceptors (Lipinski definition) is 4. The molecular weight excluding hydrogens is 246 g/mol. The van der Waals surface area contributed by atoms with Crippen molar-refractivity contribution >= 4 is 29.1 Å². The first-order valence-corrected chi connectivity index (χ1v) is 6.43. The molecule has 1 rings (SSSR count). The summed E-state index contributed by atoms with van der Waals surface area (Å²) in [5.74, 6) is 0.546. The predicted molar refractivity (Wildman–Crippen MR) is 69.1 cm³/mol. The van der Waals surface area contributed by atoms with E-state index < -0.39 is 6.10 Å². The quantitative estimate of drug-likeness (QED) is 0.610. The maximum Gasteiger partial charge on any atom is 0.0867 e. The molecule has 3 N–H and O–H groups in total. The van der Waals surface area contributed by atoms with Crippen molar-refractivity contribution < 1.29 is 9.84 Å². The minimum Gasteiger partial charge on any atom is -0.398 e. The lowest BCUT2D eigenvalue weighted by Crippen LogP contribution is -2.17. The van der Waals surface area contributed by atoms with Gasteiger partial charge in [0.1, 0.15) is 0 Å². The van der Waals surface area contributed by atoms with E-state index in [0.29, 0.717) is 29.7 Å². The molecule has 0 spiro atoms. The minimum atomic E-state index is -0.483. The normalized spacial score (nSPS) is 12.7. The molecule has 0 heterocycles. The summed E-state index contributed by atoms with van der Waals surface area (Å²) in [6, 6.07) is 5.31. The molecule has 0 aromatic heterocycles. The topological polar surface area (TPSA) is 55.5 Å². The van der Waals surface area contributed by atoms with Crippen molar-refractivity contribution in [3.8, 4) is 0 Å². The molecule has 90 valence electrons. The molecule has 0 fully saturated rings. The van der Waals surface area contributed by atoms with Gasteiger partial charge in [-0.25, -0.2) is 0 Å². The fourth-order valence-electron chi connectivity index (χ4n) is 1.12. The van der Waals surface area contributed by atoms with Crippen LogP contribution in [0.5, 0.6) is 0 Å². The minimum absolute atomic E-state index is 0.351. The summed E-state index contributed by atoms with van der Waals surface area (Å²) >= 11 is 7.34. The Hall–Kier alpha value is -0.420. The number of nitrogens with two attached hydrogens (primary N) is 1. The molecule has 0 amide bonds. The molecule has 1 unspecified atom stereocenters. The number of anilines is 1. The van der Waals surface area contributed by atoms with Crippen LogP contribution in [0.3, 0.4) is 0 Å². The summed E-state index contributed by atoms with van der Waals surface area (Å²) in [7, 11) is 0. The van der Waals surface area contributed by atoms with E-state index in [-0.39, 0.29) is 0 Å². The Kier molecular flexibility index (Phi) is 5.98. The van der Waals surface area contributed by atoms with Gasteiger partial charge in [0.05, 0.1) is 12.7 Å². The number of aliphatic hydroxyl groups is 1. The van der Waals surface area contributed by atoms with Crippen molar-refractivity contribution in [3.63, 3.8) is 0 Å². The van der Waals surface area contributed by atoms with Gasteiger partial charge in [0, 0.05) is 28.0 Å². The Balaban J connectivity index is 2.44. The zero-order valence-corrected chi connectivity index (χ0v) is 10.7. The van der Waals surface area contributed by atoms with Crippen LogP contribution in [0.1, 0.15) is 6.92 Å². The van der Waals surface area contributed by atoms with E-state index in [1.807, 2.05) is 6.92 Å². The third-order valence-electron chi connectivity index (χ3n) is 1.92. The highest BCUT2D eigenvalue weighted by Crippen LogP contribution is 2.28.